The maximum Gasteiger partial charge on any atom is 0.312 e. The van der Waals surface area contributed by atoms with Crippen molar-refractivity contribution < 1.29 is 19.1 Å². The van der Waals surface area contributed by atoms with Gasteiger partial charge in [-0.3, -0.25) is 9.59 Å². The van der Waals surface area contributed by atoms with Crippen LogP contribution in [0, 0.1) is 6.92 Å². The van der Waals surface area contributed by atoms with Crippen LogP contribution in [0.25, 0.3) is 0 Å². The van der Waals surface area contributed by atoms with Crippen molar-refractivity contribution in [3.05, 3.63) is 54.1 Å². The summed E-state index contributed by atoms with van der Waals surface area (Å²) in [6.07, 6.45) is -0.450. The van der Waals surface area contributed by atoms with E-state index < -0.39 is 6.10 Å². The molecule has 0 saturated heterocycles. The normalized spacial score (nSPS) is 16.3. The van der Waals surface area contributed by atoms with Gasteiger partial charge in [0.2, 0.25) is 0 Å². The van der Waals surface area contributed by atoms with E-state index in [-0.39, 0.29) is 24.8 Å². The molecule has 1 heterocycles. The molecule has 0 radical (unpaired) electrons. The average Bonchev–Trinajstić information content (AvgIpc) is 2.57. The Labute approximate surface area is 140 Å². The molecule has 1 unspecified atom stereocenters. The highest BCUT2D eigenvalue weighted by molar-refractivity contribution is 6.00. The van der Waals surface area contributed by atoms with Crippen LogP contribution in [0.1, 0.15) is 18.9 Å². The third kappa shape index (κ3) is 3.40. The molecule has 0 saturated carbocycles. The van der Waals surface area contributed by atoms with Crippen molar-refractivity contribution in [1.82, 2.24) is 0 Å². The van der Waals surface area contributed by atoms with Crippen molar-refractivity contribution in [2.75, 3.05) is 11.4 Å². The summed E-state index contributed by atoms with van der Waals surface area (Å²) in [6.45, 7) is 3.93. The van der Waals surface area contributed by atoms with Gasteiger partial charge in [-0.2, -0.15) is 0 Å². The number of amides is 1. The number of nitrogens with zero attached hydrogens (tertiary/aromatic N) is 1. The molecule has 5 heteroatoms. The Morgan fingerprint density at radius 1 is 1.17 bits per heavy atom. The Hall–Kier alpha value is -2.82. The topological polar surface area (TPSA) is 55.8 Å². The fraction of sp³-hybridized carbons (Fsp3) is 0.263. The summed E-state index contributed by atoms with van der Waals surface area (Å²) in [5.41, 5.74) is 1.78. The van der Waals surface area contributed by atoms with Crippen LogP contribution >= 0.6 is 0 Å². The van der Waals surface area contributed by atoms with Crippen molar-refractivity contribution >= 4 is 17.6 Å². The monoisotopic (exact) mass is 325 g/mol. The molecule has 1 atom stereocenters. The van der Waals surface area contributed by atoms with Gasteiger partial charge in [0.1, 0.15) is 11.5 Å². The summed E-state index contributed by atoms with van der Waals surface area (Å²) >= 11 is 0. The highest BCUT2D eigenvalue weighted by Crippen LogP contribution is 2.33. The van der Waals surface area contributed by atoms with Gasteiger partial charge < -0.3 is 14.4 Å². The minimum Gasteiger partial charge on any atom is -0.479 e. The highest BCUT2D eigenvalue weighted by atomic mass is 16.5. The maximum atomic E-state index is 12.3. The number of fused-ring (bicyclic) bond motifs is 1. The standard InChI is InChI=1S/C19H19NO4/c1-13-7-9-15(10-8-13)24-18(21)11-12-20-16-5-3-4-6-17(16)23-14(2)19(20)22/h3-10,14H,11-12H2,1-2H3. The molecular weight excluding hydrogens is 306 g/mol. The number of aryl methyl sites for hydroxylation is 1. The minimum atomic E-state index is -0.562. The van der Waals surface area contributed by atoms with Crippen LogP contribution in [0.3, 0.4) is 0 Å². The maximum absolute atomic E-state index is 12.3. The molecule has 124 valence electrons. The first-order valence-corrected chi connectivity index (χ1v) is 7.89. The summed E-state index contributed by atoms with van der Waals surface area (Å²) in [6, 6.07) is 14.6. The van der Waals surface area contributed by atoms with Crippen LogP contribution in [0.15, 0.2) is 48.5 Å². The Bertz CT molecular complexity index is 754. The van der Waals surface area contributed by atoms with Crippen LogP contribution in [0.2, 0.25) is 0 Å². The average molecular weight is 325 g/mol. The molecule has 2 aromatic rings. The van der Waals surface area contributed by atoms with E-state index in [2.05, 4.69) is 0 Å². The SMILES string of the molecule is Cc1ccc(OC(=O)CCN2C(=O)C(C)Oc3ccccc32)cc1. The van der Waals surface area contributed by atoms with E-state index in [1.807, 2.05) is 43.3 Å². The zero-order valence-electron chi connectivity index (χ0n) is 13.7. The van der Waals surface area contributed by atoms with Gasteiger partial charge in [-0.15, -0.1) is 0 Å². The van der Waals surface area contributed by atoms with Crippen molar-refractivity contribution in [3.63, 3.8) is 0 Å². The molecule has 2 aromatic carbocycles. The summed E-state index contributed by atoms with van der Waals surface area (Å²) in [5, 5.41) is 0. The van der Waals surface area contributed by atoms with Gasteiger partial charge in [-0.05, 0) is 38.1 Å². The summed E-state index contributed by atoms with van der Waals surface area (Å²) < 4.78 is 10.9. The van der Waals surface area contributed by atoms with Gasteiger partial charge in [0.15, 0.2) is 6.10 Å². The first-order chi connectivity index (χ1) is 11.5. The minimum absolute atomic E-state index is 0.112. The Kier molecular flexibility index (Phi) is 4.51. The molecule has 0 N–H and O–H groups in total. The van der Waals surface area contributed by atoms with Gasteiger partial charge in [0.05, 0.1) is 12.1 Å². The van der Waals surface area contributed by atoms with Gasteiger partial charge in [-0.1, -0.05) is 29.8 Å². The lowest BCUT2D eigenvalue weighted by atomic mass is 10.2. The second kappa shape index (κ2) is 6.74. The first kappa shape index (κ1) is 16.1. The van der Waals surface area contributed by atoms with Gasteiger partial charge in [0, 0.05) is 6.54 Å². The predicted molar refractivity (Wildman–Crippen MR) is 90.3 cm³/mol. The molecule has 1 amide bonds. The van der Waals surface area contributed by atoms with E-state index in [1.165, 1.54) is 0 Å². The fourth-order valence-electron chi connectivity index (χ4n) is 2.58. The van der Waals surface area contributed by atoms with Crippen LogP contribution in [-0.4, -0.2) is 24.5 Å². The molecular formula is C19H19NO4. The Morgan fingerprint density at radius 2 is 1.88 bits per heavy atom. The summed E-state index contributed by atoms with van der Waals surface area (Å²) in [4.78, 5) is 26.0. The van der Waals surface area contributed by atoms with Gasteiger partial charge in [0.25, 0.3) is 5.91 Å². The zero-order chi connectivity index (χ0) is 17.1. The lowest BCUT2D eigenvalue weighted by Crippen LogP contribution is -2.45. The predicted octanol–water partition coefficient (Wildman–Crippen LogP) is 3.10. The van der Waals surface area contributed by atoms with E-state index in [4.69, 9.17) is 9.47 Å². The number of esters is 1. The molecule has 24 heavy (non-hydrogen) atoms. The summed E-state index contributed by atoms with van der Waals surface area (Å²) in [7, 11) is 0. The number of para-hydroxylation sites is 2. The summed E-state index contributed by atoms with van der Waals surface area (Å²) in [5.74, 6) is 0.629. The number of carbonyl (C=O) groups is 2. The highest BCUT2D eigenvalue weighted by Gasteiger charge is 2.31. The first-order valence-electron chi connectivity index (χ1n) is 7.89. The molecule has 0 aromatic heterocycles. The lowest BCUT2D eigenvalue weighted by molar-refractivity contribution is -0.134. The van der Waals surface area contributed by atoms with E-state index in [0.717, 1.165) is 5.56 Å². The number of hydrogen-bond acceptors (Lipinski definition) is 4. The van der Waals surface area contributed by atoms with Crippen molar-refractivity contribution in [3.8, 4) is 11.5 Å². The number of hydrogen-bond donors (Lipinski definition) is 0. The fourth-order valence-corrected chi connectivity index (χ4v) is 2.58. The van der Waals surface area contributed by atoms with Gasteiger partial charge >= 0.3 is 5.97 Å². The second-order valence-corrected chi connectivity index (χ2v) is 5.75. The number of carbonyl (C=O) groups excluding carboxylic acids is 2. The van der Waals surface area contributed by atoms with Crippen LogP contribution in [0.5, 0.6) is 11.5 Å². The van der Waals surface area contributed by atoms with Gasteiger partial charge in [-0.25, -0.2) is 0 Å². The smallest absolute Gasteiger partial charge is 0.312 e. The van der Waals surface area contributed by atoms with E-state index in [9.17, 15) is 9.59 Å². The van der Waals surface area contributed by atoms with E-state index >= 15 is 0 Å². The van der Waals surface area contributed by atoms with Crippen LogP contribution in [-0.2, 0) is 9.59 Å². The van der Waals surface area contributed by atoms with Crippen molar-refractivity contribution in [2.45, 2.75) is 26.4 Å². The molecule has 0 fully saturated rings. The lowest BCUT2D eigenvalue weighted by Gasteiger charge is -2.32. The van der Waals surface area contributed by atoms with E-state index in [1.54, 1.807) is 24.0 Å². The third-order valence-electron chi connectivity index (χ3n) is 3.87. The second-order valence-electron chi connectivity index (χ2n) is 5.75. The quantitative estimate of drug-likeness (QED) is 0.640. The van der Waals surface area contributed by atoms with Crippen molar-refractivity contribution in [2.24, 2.45) is 0 Å². The Balaban J connectivity index is 1.66. The van der Waals surface area contributed by atoms with Crippen LogP contribution in [0.4, 0.5) is 5.69 Å². The number of anilines is 1. The largest absolute Gasteiger partial charge is 0.479 e. The molecule has 5 nitrogen and oxygen atoms in total. The molecule has 0 aliphatic carbocycles. The molecule has 0 spiro atoms. The molecule has 0 bridgehead atoms. The zero-order valence-corrected chi connectivity index (χ0v) is 13.7. The molecule has 3 rings (SSSR count). The van der Waals surface area contributed by atoms with Crippen molar-refractivity contribution in [1.29, 1.82) is 0 Å². The number of ether oxygens (including phenoxy) is 2. The number of benzene rings is 2. The third-order valence-corrected chi connectivity index (χ3v) is 3.87. The molecule has 1 aliphatic rings. The number of rotatable bonds is 4. The van der Waals surface area contributed by atoms with Crippen LogP contribution < -0.4 is 14.4 Å². The molecule has 1 aliphatic heterocycles. The Morgan fingerprint density at radius 3 is 2.62 bits per heavy atom. The van der Waals surface area contributed by atoms with E-state index in [0.29, 0.717) is 17.2 Å².